The Morgan fingerprint density at radius 1 is 0.871 bits per heavy atom. The number of carbonyl (C=O) groups is 3. The van der Waals surface area contributed by atoms with Crippen molar-refractivity contribution in [1.29, 1.82) is 0 Å². The summed E-state index contributed by atoms with van der Waals surface area (Å²) in [7, 11) is 3.00. The van der Waals surface area contributed by atoms with Crippen LogP contribution in [0.1, 0.15) is 23.1 Å². The van der Waals surface area contributed by atoms with E-state index in [-0.39, 0.29) is 19.1 Å². The average molecular weight is 428 g/mol. The molecule has 0 heterocycles. The second-order valence-electron chi connectivity index (χ2n) is 6.96. The number of benzene rings is 2. The molecule has 2 aromatic carbocycles. The molecule has 0 radical (unpaired) electrons. The molecule has 0 fully saturated rings. The lowest BCUT2D eigenvalue weighted by Crippen LogP contribution is -2.32. The van der Waals surface area contributed by atoms with Gasteiger partial charge in [0.25, 0.3) is 0 Å². The van der Waals surface area contributed by atoms with Crippen LogP contribution >= 0.6 is 0 Å². The van der Waals surface area contributed by atoms with Gasteiger partial charge in [-0.2, -0.15) is 0 Å². The fourth-order valence-electron chi connectivity index (χ4n) is 2.81. The number of likely N-dealkylation sites (N-methyl/N-ethyl adjacent to an activating group) is 1. The van der Waals surface area contributed by atoms with Crippen molar-refractivity contribution in [2.24, 2.45) is 0 Å². The van der Waals surface area contributed by atoms with E-state index in [1.54, 1.807) is 11.9 Å². The average Bonchev–Trinajstić information content (AvgIpc) is 2.80. The smallest absolute Gasteiger partial charge is 0.407 e. The van der Waals surface area contributed by atoms with E-state index in [4.69, 9.17) is 4.74 Å². The van der Waals surface area contributed by atoms with Crippen LogP contribution in [0.5, 0.6) is 0 Å². The summed E-state index contributed by atoms with van der Waals surface area (Å²) < 4.78 is 9.69. The fraction of sp³-hybridized carbons (Fsp3) is 0.348. The maximum atomic E-state index is 12.2. The number of methoxy groups -OCH3 is 1. The summed E-state index contributed by atoms with van der Waals surface area (Å²) in [4.78, 5) is 36.8. The quantitative estimate of drug-likeness (QED) is 0.608. The van der Waals surface area contributed by atoms with Crippen molar-refractivity contribution < 1.29 is 23.9 Å². The van der Waals surface area contributed by atoms with Crippen LogP contribution in [-0.4, -0.2) is 50.3 Å². The molecule has 166 valence electrons. The molecule has 0 aromatic heterocycles. The van der Waals surface area contributed by atoms with Crippen molar-refractivity contribution in [3.05, 3.63) is 71.3 Å². The van der Waals surface area contributed by atoms with Gasteiger partial charge in [-0.15, -0.1) is 0 Å². The summed E-state index contributed by atoms with van der Waals surface area (Å²) in [6.45, 7) is 1.06. The molecule has 8 heteroatoms. The summed E-state index contributed by atoms with van der Waals surface area (Å²) in [5.74, 6) is 0.00485. The first kappa shape index (κ1) is 23.7. The van der Waals surface area contributed by atoms with Gasteiger partial charge in [-0.25, -0.2) is 9.59 Å². The first-order valence-electron chi connectivity index (χ1n) is 10.1. The Hall–Kier alpha value is -3.55. The van der Waals surface area contributed by atoms with Crippen molar-refractivity contribution in [3.63, 3.8) is 0 Å². The maximum absolute atomic E-state index is 12.2. The van der Waals surface area contributed by atoms with Crippen LogP contribution in [0.15, 0.2) is 54.6 Å². The van der Waals surface area contributed by atoms with Crippen molar-refractivity contribution in [2.75, 3.05) is 27.3 Å². The molecule has 2 N–H and O–H groups in total. The lowest BCUT2D eigenvalue weighted by atomic mass is 10.1. The third-order valence-corrected chi connectivity index (χ3v) is 4.61. The highest BCUT2D eigenvalue weighted by molar-refractivity contribution is 5.76. The third-order valence-electron chi connectivity index (χ3n) is 4.61. The van der Waals surface area contributed by atoms with Crippen molar-refractivity contribution >= 4 is 18.1 Å². The van der Waals surface area contributed by atoms with E-state index >= 15 is 0 Å². The van der Waals surface area contributed by atoms with Gasteiger partial charge in [0.2, 0.25) is 5.91 Å². The Labute approximate surface area is 182 Å². The molecular weight excluding hydrogens is 398 g/mol. The number of hydrogen-bond donors (Lipinski definition) is 2. The zero-order valence-corrected chi connectivity index (χ0v) is 17.9. The molecule has 0 aliphatic heterocycles. The highest BCUT2D eigenvalue weighted by Gasteiger charge is 2.10. The van der Waals surface area contributed by atoms with Gasteiger partial charge in [0.05, 0.1) is 13.7 Å². The monoisotopic (exact) mass is 427 g/mol. The van der Waals surface area contributed by atoms with Crippen LogP contribution < -0.4 is 10.6 Å². The number of alkyl carbamates (subject to hydrolysis) is 2. The maximum Gasteiger partial charge on any atom is 0.407 e. The molecule has 3 amide bonds. The first-order chi connectivity index (χ1) is 15.0. The number of nitrogens with one attached hydrogen (secondary N) is 2. The summed E-state index contributed by atoms with van der Waals surface area (Å²) in [5, 5.41) is 5.28. The molecule has 2 aromatic rings. The van der Waals surface area contributed by atoms with Gasteiger partial charge in [-0.1, -0.05) is 54.6 Å². The number of aryl methyl sites for hydroxylation is 1. The van der Waals surface area contributed by atoms with E-state index in [2.05, 4.69) is 15.4 Å². The zero-order chi connectivity index (χ0) is 22.5. The predicted octanol–water partition coefficient (Wildman–Crippen LogP) is 2.86. The molecule has 0 spiro atoms. The topological polar surface area (TPSA) is 97.0 Å². The summed E-state index contributed by atoms with van der Waals surface area (Å²) in [5.41, 5.74) is 2.87. The molecule has 0 saturated carbocycles. The zero-order valence-electron chi connectivity index (χ0n) is 17.9. The SMILES string of the molecule is COC(=O)NCc1cccc(CNC(=O)OCCN(C)C(=O)CCc2ccccc2)c1. The van der Waals surface area contributed by atoms with Crippen LogP contribution in [-0.2, 0) is 33.8 Å². The minimum absolute atomic E-state index is 0.00485. The number of carbonyl (C=O) groups excluding carboxylic acids is 3. The number of rotatable bonds is 10. The number of hydrogen-bond acceptors (Lipinski definition) is 5. The molecular formula is C23H29N3O5. The standard InChI is InChI=1S/C23H29N3O5/c1-26(21(27)12-11-18-7-4-3-5-8-18)13-14-31-23(29)25-17-20-10-6-9-19(15-20)16-24-22(28)30-2/h3-10,15H,11-14,16-17H2,1-2H3,(H,24,28)(H,25,29). The fourth-order valence-corrected chi connectivity index (χ4v) is 2.81. The number of nitrogens with zero attached hydrogens (tertiary/aromatic N) is 1. The van der Waals surface area contributed by atoms with Gasteiger partial charge >= 0.3 is 12.2 Å². The minimum Gasteiger partial charge on any atom is -0.453 e. The molecule has 0 aliphatic rings. The molecule has 0 aliphatic carbocycles. The Morgan fingerprint density at radius 3 is 2.13 bits per heavy atom. The Morgan fingerprint density at radius 2 is 1.48 bits per heavy atom. The van der Waals surface area contributed by atoms with Gasteiger partial charge < -0.3 is 25.0 Å². The lowest BCUT2D eigenvalue weighted by molar-refractivity contribution is -0.130. The van der Waals surface area contributed by atoms with E-state index in [0.29, 0.717) is 25.9 Å². The number of ether oxygens (including phenoxy) is 2. The normalized spacial score (nSPS) is 10.1. The highest BCUT2D eigenvalue weighted by atomic mass is 16.5. The second kappa shape index (κ2) is 12.9. The molecule has 31 heavy (non-hydrogen) atoms. The van der Waals surface area contributed by atoms with Gasteiger partial charge in [-0.05, 0) is 23.1 Å². The van der Waals surface area contributed by atoms with Gasteiger partial charge in [0.15, 0.2) is 0 Å². The molecule has 8 nitrogen and oxygen atoms in total. The highest BCUT2D eigenvalue weighted by Crippen LogP contribution is 2.06. The van der Waals surface area contributed by atoms with Crippen LogP contribution in [0, 0.1) is 0 Å². The minimum atomic E-state index is -0.553. The van der Waals surface area contributed by atoms with Crippen LogP contribution in [0.2, 0.25) is 0 Å². The Kier molecular flexibility index (Phi) is 9.87. The third kappa shape index (κ3) is 9.20. The van der Waals surface area contributed by atoms with E-state index in [1.807, 2.05) is 54.6 Å². The van der Waals surface area contributed by atoms with E-state index in [1.165, 1.54) is 7.11 Å². The van der Waals surface area contributed by atoms with E-state index < -0.39 is 12.2 Å². The Balaban J connectivity index is 1.64. The Bertz CT molecular complexity index is 857. The lowest BCUT2D eigenvalue weighted by Gasteiger charge is -2.17. The largest absolute Gasteiger partial charge is 0.453 e. The van der Waals surface area contributed by atoms with E-state index in [9.17, 15) is 14.4 Å². The summed E-state index contributed by atoms with van der Waals surface area (Å²) in [6.07, 6.45) is 0.0341. The van der Waals surface area contributed by atoms with Crippen molar-refractivity contribution in [3.8, 4) is 0 Å². The summed E-state index contributed by atoms with van der Waals surface area (Å²) >= 11 is 0. The van der Waals surface area contributed by atoms with Gasteiger partial charge in [0, 0.05) is 26.6 Å². The molecule has 0 atom stereocenters. The molecule has 0 bridgehead atoms. The number of amides is 3. The van der Waals surface area contributed by atoms with Crippen LogP contribution in [0.25, 0.3) is 0 Å². The van der Waals surface area contributed by atoms with E-state index in [0.717, 1.165) is 16.7 Å². The van der Waals surface area contributed by atoms with Gasteiger partial charge in [0.1, 0.15) is 6.61 Å². The van der Waals surface area contributed by atoms with Crippen molar-refractivity contribution in [2.45, 2.75) is 25.9 Å². The first-order valence-corrected chi connectivity index (χ1v) is 10.1. The van der Waals surface area contributed by atoms with Gasteiger partial charge in [-0.3, -0.25) is 4.79 Å². The van der Waals surface area contributed by atoms with Crippen LogP contribution in [0.4, 0.5) is 9.59 Å². The summed E-state index contributed by atoms with van der Waals surface area (Å²) in [6, 6.07) is 17.3. The molecule has 2 rings (SSSR count). The molecule has 0 saturated heterocycles. The molecule has 0 unspecified atom stereocenters. The van der Waals surface area contributed by atoms with Crippen molar-refractivity contribution in [1.82, 2.24) is 15.5 Å². The second-order valence-corrected chi connectivity index (χ2v) is 6.96. The predicted molar refractivity (Wildman–Crippen MR) is 116 cm³/mol. The van der Waals surface area contributed by atoms with Crippen LogP contribution in [0.3, 0.4) is 0 Å².